The number of unbranched alkanes of at least 4 members (excludes halogenated alkanes) is 1. The maximum absolute atomic E-state index is 4.96. The van der Waals surface area contributed by atoms with Gasteiger partial charge in [-0.2, -0.15) is 0 Å². The fourth-order valence-corrected chi connectivity index (χ4v) is 3.20. The second kappa shape index (κ2) is 5.85. The van der Waals surface area contributed by atoms with Crippen LogP contribution in [0.2, 0.25) is 0 Å². The first kappa shape index (κ1) is 14.0. The van der Waals surface area contributed by atoms with Crippen molar-refractivity contribution in [2.24, 2.45) is 0 Å². The highest BCUT2D eigenvalue weighted by Crippen LogP contribution is 2.31. The molecule has 112 valence electrons. The zero-order chi connectivity index (χ0) is 15.6. The molecule has 1 nitrogen and oxygen atoms in total. The number of aromatic nitrogens is 1. The van der Waals surface area contributed by atoms with Gasteiger partial charge in [-0.25, -0.2) is 4.98 Å². The van der Waals surface area contributed by atoms with Crippen LogP contribution in [0.5, 0.6) is 0 Å². The van der Waals surface area contributed by atoms with Crippen LogP contribution in [0.3, 0.4) is 0 Å². The largest absolute Gasteiger partial charge is 0.247 e. The maximum Gasteiger partial charge on any atom is 0.0794 e. The van der Waals surface area contributed by atoms with E-state index in [9.17, 15) is 0 Å². The van der Waals surface area contributed by atoms with E-state index in [1.54, 1.807) is 0 Å². The summed E-state index contributed by atoms with van der Waals surface area (Å²) in [6.45, 7) is 2.21. The molecular formula is C22H19N. The summed E-state index contributed by atoms with van der Waals surface area (Å²) in [6, 6.07) is 21.3. The number of benzene rings is 3. The minimum atomic E-state index is 1.06. The molecule has 0 N–H and O–H groups in total. The first-order chi connectivity index (χ1) is 11.4. The van der Waals surface area contributed by atoms with Crippen molar-refractivity contribution in [1.82, 2.24) is 4.98 Å². The van der Waals surface area contributed by atoms with Crippen molar-refractivity contribution in [3.05, 3.63) is 72.3 Å². The highest BCUT2D eigenvalue weighted by Gasteiger charge is 2.09. The van der Waals surface area contributed by atoms with E-state index in [0.717, 1.165) is 17.5 Å². The van der Waals surface area contributed by atoms with Gasteiger partial charge in [-0.3, -0.25) is 0 Å². The molecule has 0 unspecified atom stereocenters. The highest BCUT2D eigenvalue weighted by molar-refractivity contribution is 6.12. The van der Waals surface area contributed by atoms with Crippen molar-refractivity contribution >= 4 is 38.7 Å². The maximum atomic E-state index is 4.96. The van der Waals surface area contributed by atoms with Crippen molar-refractivity contribution in [3.8, 4) is 0 Å². The molecule has 1 heteroatoms. The smallest absolute Gasteiger partial charge is 0.0794 e. The average molecular weight is 297 g/mol. The number of hydrogen-bond acceptors (Lipinski definition) is 1. The summed E-state index contributed by atoms with van der Waals surface area (Å²) < 4.78 is 0. The predicted octanol–water partition coefficient (Wildman–Crippen LogP) is 6.35. The molecule has 0 atom stereocenters. The van der Waals surface area contributed by atoms with Crippen molar-refractivity contribution in [3.63, 3.8) is 0 Å². The standard InChI is InChI=1S/C22H19N/c1-2-3-4-11-18-19-12-7-8-13-21(19)23-22-17-10-6-5-9-16(17)14-15-20(18)22/h4-15H,2-3H2,1H3. The number of hydrogen-bond donors (Lipinski definition) is 0. The molecule has 0 bridgehead atoms. The summed E-state index contributed by atoms with van der Waals surface area (Å²) in [4.78, 5) is 4.96. The Balaban J connectivity index is 2.14. The third kappa shape index (κ3) is 2.39. The van der Waals surface area contributed by atoms with E-state index in [1.807, 2.05) is 0 Å². The van der Waals surface area contributed by atoms with E-state index in [1.165, 1.54) is 33.5 Å². The van der Waals surface area contributed by atoms with E-state index in [2.05, 4.69) is 79.7 Å². The second-order valence-electron chi connectivity index (χ2n) is 5.92. The molecule has 0 saturated heterocycles. The Morgan fingerprint density at radius 2 is 1.61 bits per heavy atom. The van der Waals surface area contributed by atoms with E-state index >= 15 is 0 Å². The van der Waals surface area contributed by atoms with Gasteiger partial charge in [0.2, 0.25) is 0 Å². The summed E-state index contributed by atoms with van der Waals surface area (Å²) in [7, 11) is 0. The van der Waals surface area contributed by atoms with Gasteiger partial charge in [0.15, 0.2) is 0 Å². The van der Waals surface area contributed by atoms with Gasteiger partial charge in [-0.15, -0.1) is 0 Å². The Bertz CT molecular complexity index is 1030. The molecule has 1 aromatic heterocycles. The number of para-hydroxylation sites is 1. The molecule has 0 radical (unpaired) electrons. The molecule has 0 aliphatic carbocycles. The molecule has 0 saturated carbocycles. The van der Waals surface area contributed by atoms with Gasteiger partial charge in [0.05, 0.1) is 11.0 Å². The van der Waals surface area contributed by atoms with Crippen LogP contribution in [0.1, 0.15) is 25.3 Å². The van der Waals surface area contributed by atoms with E-state index in [4.69, 9.17) is 4.98 Å². The van der Waals surface area contributed by atoms with Crippen LogP contribution in [0.15, 0.2) is 66.7 Å². The Hall–Kier alpha value is -2.67. The van der Waals surface area contributed by atoms with Crippen molar-refractivity contribution in [2.75, 3.05) is 0 Å². The number of allylic oxidation sites excluding steroid dienone is 1. The molecule has 4 aromatic rings. The van der Waals surface area contributed by atoms with Crippen LogP contribution in [0.4, 0.5) is 0 Å². The first-order valence-electron chi connectivity index (χ1n) is 8.25. The Kier molecular flexibility index (Phi) is 3.55. The SMILES string of the molecule is CCCC=Cc1c2ccccc2nc2c1ccc1ccccc12. The summed E-state index contributed by atoms with van der Waals surface area (Å²) >= 11 is 0. The zero-order valence-electron chi connectivity index (χ0n) is 13.3. The number of fused-ring (bicyclic) bond motifs is 4. The molecule has 4 rings (SSSR count). The van der Waals surface area contributed by atoms with Gasteiger partial charge in [0, 0.05) is 16.2 Å². The Labute approximate surface area is 136 Å². The zero-order valence-corrected chi connectivity index (χ0v) is 13.3. The number of nitrogens with zero attached hydrogens (tertiary/aromatic N) is 1. The number of pyridine rings is 1. The van der Waals surface area contributed by atoms with Gasteiger partial charge in [0.25, 0.3) is 0 Å². The van der Waals surface area contributed by atoms with E-state index < -0.39 is 0 Å². The lowest BCUT2D eigenvalue weighted by atomic mass is 9.98. The molecule has 0 fully saturated rings. The minimum Gasteiger partial charge on any atom is -0.247 e. The molecule has 23 heavy (non-hydrogen) atoms. The van der Waals surface area contributed by atoms with Crippen molar-refractivity contribution < 1.29 is 0 Å². The van der Waals surface area contributed by atoms with Crippen LogP contribution in [-0.2, 0) is 0 Å². The average Bonchev–Trinajstić information content (AvgIpc) is 2.61. The van der Waals surface area contributed by atoms with E-state index in [0.29, 0.717) is 0 Å². The van der Waals surface area contributed by atoms with Gasteiger partial charge < -0.3 is 0 Å². The Morgan fingerprint density at radius 1 is 0.826 bits per heavy atom. The molecule has 3 aromatic carbocycles. The summed E-state index contributed by atoms with van der Waals surface area (Å²) in [5.74, 6) is 0. The topological polar surface area (TPSA) is 12.9 Å². The lowest BCUT2D eigenvalue weighted by Crippen LogP contribution is -1.89. The lowest BCUT2D eigenvalue weighted by molar-refractivity contribution is 0.962. The summed E-state index contributed by atoms with van der Waals surface area (Å²) in [5.41, 5.74) is 3.44. The normalized spacial score (nSPS) is 11.9. The molecule has 0 amide bonds. The van der Waals surface area contributed by atoms with Crippen molar-refractivity contribution in [1.29, 1.82) is 0 Å². The quantitative estimate of drug-likeness (QED) is 0.317. The molecule has 0 aliphatic rings. The van der Waals surface area contributed by atoms with Crippen LogP contribution in [0.25, 0.3) is 38.7 Å². The lowest BCUT2D eigenvalue weighted by Gasteiger charge is -2.10. The Morgan fingerprint density at radius 3 is 2.48 bits per heavy atom. The van der Waals surface area contributed by atoms with Crippen molar-refractivity contribution in [2.45, 2.75) is 19.8 Å². The molecule has 0 spiro atoms. The highest BCUT2D eigenvalue weighted by atomic mass is 14.7. The van der Waals surface area contributed by atoms with Crippen LogP contribution < -0.4 is 0 Å². The van der Waals surface area contributed by atoms with Crippen LogP contribution >= 0.6 is 0 Å². The molecule has 0 aliphatic heterocycles. The molecule has 1 heterocycles. The van der Waals surface area contributed by atoms with E-state index in [-0.39, 0.29) is 0 Å². The summed E-state index contributed by atoms with van der Waals surface area (Å²) in [6.07, 6.45) is 6.81. The second-order valence-corrected chi connectivity index (χ2v) is 5.92. The van der Waals surface area contributed by atoms with Crippen LogP contribution in [0, 0.1) is 0 Å². The fourth-order valence-electron chi connectivity index (χ4n) is 3.20. The van der Waals surface area contributed by atoms with Gasteiger partial charge in [0.1, 0.15) is 0 Å². The third-order valence-electron chi connectivity index (χ3n) is 4.36. The minimum absolute atomic E-state index is 1.06. The van der Waals surface area contributed by atoms with Gasteiger partial charge in [-0.05, 0) is 23.4 Å². The van der Waals surface area contributed by atoms with Crippen LogP contribution in [-0.4, -0.2) is 4.98 Å². The molecular weight excluding hydrogens is 278 g/mol. The summed E-state index contributed by atoms with van der Waals surface area (Å²) in [5, 5.41) is 4.92. The fraction of sp³-hybridized carbons (Fsp3) is 0.136. The third-order valence-corrected chi connectivity index (χ3v) is 4.36. The predicted molar refractivity (Wildman–Crippen MR) is 101 cm³/mol. The number of rotatable bonds is 3. The monoisotopic (exact) mass is 297 g/mol. The van der Waals surface area contributed by atoms with Gasteiger partial charge in [-0.1, -0.05) is 80.1 Å². The first-order valence-corrected chi connectivity index (χ1v) is 8.25. The van der Waals surface area contributed by atoms with Gasteiger partial charge >= 0.3 is 0 Å².